The molecule has 0 aliphatic carbocycles. The molecule has 0 radical (unpaired) electrons. The second-order valence-electron chi connectivity index (χ2n) is 7.76. The summed E-state index contributed by atoms with van der Waals surface area (Å²) in [4.78, 5) is 32.3. The van der Waals surface area contributed by atoms with Crippen LogP contribution in [-0.2, 0) is 34.3 Å². The van der Waals surface area contributed by atoms with E-state index in [4.69, 9.17) is 21.7 Å². The van der Waals surface area contributed by atoms with E-state index in [1.165, 1.54) is 4.57 Å². The summed E-state index contributed by atoms with van der Waals surface area (Å²) in [5, 5.41) is 19.5. The first kappa shape index (κ1) is 23.7. The van der Waals surface area contributed by atoms with E-state index < -0.39 is 24.0 Å². The molecule has 2 atom stereocenters. The molecule has 2 aromatic heterocycles. The zero-order valence-corrected chi connectivity index (χ0v) is 18.1. The highest BCUT2D eigenvalue weighted by Gasteiger charge is 2.16. The van der Waals surface area contributed by atoms with Crippen molar-refractivity contribution in [2.24, 2.45) is 18.5 Å². The number of aliphatic carboxylic acids is 2. The van der Waals surface area contributed by atoms with Gasteiger partial charge in [0, 0.05) is 48.6 Å². The van der Waals surface area contributed by atoms with Gasteiger partial charge in [-0.25, -0.2) is 0 Å². The lowest BCUT2D eigenvalue weighted by Crippen LogP contribution is -2.32. The average molecular weight is 450 g/mol. The van der Waals surface area contributed by atoms with Crippen LogP contribution >= 0.6 is 0 Å². The maximum Gasteiger partial charge on any atom is 0.320 e. The van der Waals surface area contributed by atoms with Crippen molar-refractivity contribution in [3.63, 3.8) is 0 Å². The van der Waals surface area contributed by atoms with Crippen LogP contribution < -0.4 is 11.5 Å². The minimum absolute atomic E-state index is 0.205. The number of aromatic nitrogens is 2. The Bertz CT molecular complexity index is 1310. The molecule has 0 unspecified atom stereocenters. The number of carbonyl (C=O) groups excluding carboxylic acids is 1. The SMILES string of the molecule is Cn1cc(C[C@H](N)C(=O)O)c2ccccc21.N[C@@H](Cc1cn(C=O)c2ccccc12)C(=O)O. The Labute approximate surface area is 189 Å². The number of benzene rings is 2. The van der Waals surface area contributed by atoms with Gasteiger partial charge in [0.05, 0.1) is 5.52 Å². The van der Waals surface area contributed by atoms with Gasteiger partial charge in [0.2, 0.25) is 6.41 Å². The zero-order chi connectivity index (χ0) is 24.1. The van der Waals surface area contributed by atoms with Crippen molar-refractivity contribution in [3.05, 3.63) is 72.1 Å². The highest BCUT2D eigenvalue weighted by atomic mass is 16.4. The molecule has 4 rings (SSSR count). The molecule has 4 aromatic rings. The second-order valence-corrected chi connectivity index (χ2v) is 7.76. The number of para-hydroxylation sites is 2. The van der Waals surface area contributed by atoms with E-state index >= 15 is 0 Å². The number of carboxylic acids is 2. The predicted octanol–water partition coefficient (Wildman–Crippen LogP) is 1.77. The van der Waals surface area contributed by atoms with Gasteiger partial charge in [-0.2, -0.15) is 0 Å². The number of carboxylic acid groups (broad SMARTS) is 2. The van der Waals surface area contributed by atoms with E-state index in [9.17, 15) is 14.4 Å². The van der Waals surface area contributed by atoms with Crippen LogP contribution in [0.1, 0.15) is 11.1 Å². The zero-order valence-electron chi connectivity index (χ0n) is 18.1. The molecule has 0 saturated heterocycles. The van der Waals surface area contributed by atoms with E-state index in [0.717, 1.165) is 32.9 Å². The maximum absolute atomic E-state index is 10.9. The van der Waals surface area contributed by atoms with Gasteiger partial charge < -0.3 is 26.2 Å². The van der Waals surface area contributed by atoms with Gasteiger partial charge in [-0.05, 0) is 23.3 Å². The number of nitrogens with zero attached hydrogens (tertiary/aromatic N) is 2. The molecular formula is C24H26N4O5. The minimum Gasteiger partial charge on any atom is -0.480 e. The third kappa shape index (κ3) is 5.28. The average Bonchev–Trinajstić information content (AvgIpc) is 3.31. The number of rotatable bonds is 7. The van der Waals surface area contributed by atoms with E-state index in [1.807, 2.05) is 60.3 Å². The minimum atomic E-state index is -1.05. The molecule has 0 amide bonds. The Morgan fingerprint density at radius 3 is 1.82 bits per heavy atom. The molecule has 2 aromatic carbocycles. The largest absolute Gasteiger partial charge is 0.480 e. The molecule has 6 N–H and O–H groups in total. The number of aryl methyl sites for hydroxylation is 1. The van der Waals surface area contributed by atoms with Gasteiger partial charge in [0.1, 0.15) is 12.1 Å². The highest BCUT2D eigenvalue weighted by Crippen LogP contribution is 2.22. The first-order valence-electron chi connectivity index (χ1n) is 10.3. The van der Waals surface area contributed by atoms with Crippen molar-refractivity contribution in [2.75, 3.05) is 0 Å². The summed E-state index contributed by atoms with van der Waals surface area (Å²) in [5.74, 6) is -2.01. The Morgan fingerprint density at radius 1 is 0.848 bits per heavy atom. The molecular weight excluding hydrogens is 424 g/mol. The van der Waals surface area contributed by atoms with E-state index in [2.05, 4.69) is 0 Å². The fraction of sp³-hybridized carbons (Fsp3) is 0.208. The van der Waals surface area contributed by atoms with Gasteiger partial charge in [-0.1, -0.05) is 36.4 Å². The molecule has 0 spiro atoms. The number of hydrogen-bond acceptors (Lipinski definition) is 5. The summed E-state index contributed by atoms with van der Waals surface area (Å²) in [6.07, 6.45) is 4.82. The first-order chi connectivity index (χ1) is 15.7. The fourth-order valence-corrected chi connectivity index (χ4v) is 3.76. The van der Waals surface area contributed by atoms with Crippen molar-refractivity contribution in [1.82, 2.24) is 9.13 Å². The molecule has 2 heterocycles. The van der Waals surface area contributed by atoms with Crippen LogP contribution in [-0.4, -0.2) is 49.8 Å². The summed E-state index contributed by atoms with van der Waals surface area (Å²) in [6.45, 7) is 0. The van der Waals surface area contributed by atoms with Gasteiger partial charge in [-0.3, -0.25) is 19.0 Å². The number of carbonyl (C=O) groups is 3. The number of hydrogen-bond donors (Lipinski definition) is 4. The quantitative estimate of drug-likeness (QED) is 0.313. The van der Waals surface area contributed by atoms with Crippen molar-refractivity contribution in [3.8, 4) is 0 Å². The standard InChI is InChI=1S/C12H12N2O3.C12H14N2O2/c13-10(12(16)17)5-8-6-14(7-15)11-4-2-1-3-9(8)11;1-14-7-8(6-10(13)12(15)16)9-4-2-3-5-11(9)14/h1-4,6-7,10H,5,13H2,(H,16,17);2-5,7,10H,6,13H2,1H3,(H,15,16)/t2*10-/m00/s1. The summed E-state index contributed by atoms with van der Waals surface area (Å²) < 4.78 is 3.42. The molecule has 0 saturated carbocycles. The lowest BCUT2D eigenvalue weighted by molar-refractivity contribution is -0.139. The Balaban J connectivity index is 0.000000186. The Morgan fingerprint density at radius 2 is 1.30 bits per heavy atom. The van der Waals surface area contributed by atoms with Crippen molar-refractivity contribution in [2.45, 2.75) is 24.9 Å². The molecule has 0 bridgehead atoms. The fourth-order valence-electron chi connectivity index (χ4n) is 3.76. The normalized spacial score (nSPS) is 12.7. The van der Waals surface area contributed by atoms with E-state index in [1.54, 1.807) is 12.3 Å². The summed E-state index contributed by atoms with van der Waals surface area (Å²) in [5.41, 5.74) is 14.6. The summed E-state index contributed by atoms with van der Waals surface area (Å²) in [7, 11) is 1.94. The molecule has 0 fully saturated rings. The molecule has 0 aliphatic heterocycles. The van der Waals surface area contributed by atoms with E-state index in [-0.39, 0.29) is 6.42 Å². The van der Waals surface area contributed by atoms with Crippen molar-refractivity contribution < 1.29 is 24.6 Å². The molecule has 33 heavy (non-hydrogen) atoms. The van der Waals surface area contributed by atoms with E-state index in [0.29, 0.717) is 12.8 Å². The van der Waals surface area contributed by atoms with Crippen LogP contribution in [0.4, 0.5) is 0 Å². The number of nitrogens with two attached hydrogens (primary N) is 2. The molecule has 172 valence electrons. The van der Waals surface area contributed by atoms with Gasteiger partial charge in [-0.15, -0.1) is 0 Å². The molecule has 0 aliphatic rings. The van der Waals surface area contributed by atoms with Crippen LogP contribution in [0.2, 0.25) is 0 Å². The Kier molecular flexibility index (Phi) is 7.27. The highest BCUT2D eigenvalue weighted by molar-refractivity contribution is 5.89. The third-order valence-corrected chi connectivity index (χ3v) is 5.43. The van der Waals surface area contributed by atoms with Crippen molar-refractivity contribution in [1.29, 1.82) is 0 Å². The monoisotopic (exact) mass is 450 g/mol. The second kappa shape index (κ2) is 10.1. The van der Waals surface area contributed by atoms with Crippen molar-refractivity contribution >= 4 is 40.2 Å². The maximum atomic E-state index is 10.9. The smallest absolute Gasteiger partial charge is 0.320 e. The van der Waals surface area contributed by atoms with Crippen LogP contribution in [0.25, 0.3) is 21.8 Å². The topological polar surface area (TPSA) is 154 Å². The van der Waals surface area contributed by atoms with Crippen LogP contribution in [0.15, 0.2) is 60.9 Å². The lowest BCUT2D eigenvalue weighted by Gasteiger charge is -2.04. The van der Waals surface area contributed by atoms with Gasteiger partial charge in [0.15, 0.2) is 0 Å². The molecule has 9 heteroatoms. The number of fused-ring (bicyclic) bond motifs is 2. The summed E-state index contributed by atoms with van der Waals surface area (Å²) >= 11 is 0. The lowest BCUT2D eigenvalue weighted by atomic mass is 10.1. The van der Waals surface area contributed by atoms with Gasteiger partial charge >= 0.3 is 11.9 Å². The van der Waals surface area contributed by atoms with Crippen LogP contribution in [0, 0.1) is 0 Å². The van der Waals surface area contributed by atoms with Crippen LogP contribution in [0.5, 0.6) is 0 Å². The first-order valence-corrected chi connectivity index (χ1v) is 10.3. The molecule has 9 nitrogen and oxygen atoms in total. The summed E-state index contributed by atoms with van der Waals surface area (Å²) in [6, 6.07) is 13.4. The van der Waals surface area contributed by atoms with Gasteiger partial charge in [0.25, 0.3) is 0 Å². The predicted molar refractivity (Wildman–Crippen MR) is 126 cm³/mol. The Hall–Kier alpha value is -3.95. The van der Waals surface area contributed by atoms with Crippen LogP contribution in [0.3, 0.4) is 0 Å². The third-order valence-electron chi connectivity index (χ3n) is 5.43.